The summed E-state index contributed by atoms with van der Waals surface area (Å²) in [5.74, 6) is 0. The van der Waals surface area contributed by atoms with Crippen molar-refractivity contribution < 1.29 is 10.0 Å². The van der Waals surface area contributed by atoms with Crippen molar-refractivity contribution in [2.45, 2.75) is 31.9 Å². The minimum Gasteiger partial charge on any atom is -0.387 e. The Morgan fingerprint density at radius 3 is 2.54 bits per heavy atom. The molecule has 0 aliphatic rings. The van der Waals surface area contributed by atoms with Crippen LogP contribution in [0.1, 0.15) is 30.6 Å². The van der Waals surface area contributed by atoms with Gasteiger partial charge in [0.05, 0.1) is 11.0 Å². The van der Waals surface area contributed by atoms with Crippen LogP contribution in [0.25, 0.3) is 0 Å². The topological polar surface area (TPSA) is 66.6 Å². The number of nitrogens with zero attached hydrogens (tertiary/aromatic N) is 2. The zero-order valence-electron chi connectivity index (χ0n) is 14.1. The molecule has 0 aliphatic carbocycles. The second-order valence-electron chi connectivity index (χ2n) is 6.18. The van der Waals surface area contributed by atoms with Crippen molar-refractivity contribution >= 4 is 5.69 Å². The fourth-order valence-electron chi connectivity index (χ4n) is 2.64. The molecule has 5 heteroatoms. The van der Waals surface area contributed by atoms with Crippen LogP contribution in [0.5, 0.6) is 0 Å². The highest BCUT2D eigenvalue weighted by molar-refractivity contribution is 5.35. The van der Waals surface area contributed by atoms with E-state index < -0.39 is 11.0 Å². The number of aryl methyl sites for hydroxylation is 1. The highest BCUT2D eigenvalue weighted by Crippen LogP contribution is 2.21. The van der Waals surface area contributed by atoms with Gasteiger partial charge in [0.2, 0.25) is 0 Å². The number of rotatable bonds is 8. The molecular weight excluding hydrogens is 304 g/mol. The average molecular weight is 328 g/mol. The molecule has 2 rings (SSSR count). The first-order chi connectivity index (χ1) is 11.5. The maximum Gasteiger partial charge on any atom is 0.269 e. The minimum atomic E-state index is -0.742. The first-order valence-electron chi connectivity index (χ1n) is 8.14. The predicted molar refractivity (Wildman–Crippen MR) is 94.9 cm³/mol. The van der Waals surface area contributed by atoms with E-state index in [1.54, 1.807) is 12.1 Å². The van der Waals surface area contributed by atoms with Gasteiger partial charge in [-0.3, -0.25) is 10.1 Å². The van der Waals surface area contributed by atoms with Gasteiger partial charge in [-0.25, -0.2) is 0 Å². The second-order valence-corrected chi connectivity index (χ2v) is 6.18. The van der Waals surface area contributed by atoms with Crippen molar-refractivity contribution in [3.8, 4) is 0 Å². The lowest BCUT2D eigenvalue weighted by Crippen LogP contribution is -2.33. The van der Waals surface area contributed by atoms with Crippen LogP contribution >= 0.6 is 0 Å². The molecule has 0 bridgehead atoms. The second kappa shape index (κ2) is 8.57. The summed E-state index contributed by atoms with van der Waals surface area (Å²) in [4.78, 5) is 12.5. The molecule has 2 atom stereocenters. The lowest BCUT2D eigenvalue weighted by molar-refractivity contribution is -0.385. The van der Waals surface area contributed by atoms with E-state index in [9.17, 15) is 15.2 Å². The number of aliphatic hydroxyl groups excluding tert-OH is 1. The van der Waals surface area contributed by atoms with Crippen molar-refractivity contribution in [2.24, 2.45) is 0 Å². The van der Waals surface area contributed by atoms with Gasteiger partial charge >= 0.3 is 0 Å². The Balaban J connectivity index is 1.89. The van der Waals surface area contributed by atoms with Crippen molar-refractivity contribution in [2.75, 3.05) is 13.6 Å². The molecule has 2 aromatic carbocycles. The van der Waals surface area contributed by atoms with Gasteiger partial charge in [0.25, 0.3) is 5.69 Å². The van der Waals surface area contributed by atoms with Crippen LogP contribution in [0, 0.1) is 10.1 Å². The van der Waals surface area contributed by atoms with E-state index in [0.717, 1.165) is 12.8 Å². The highest BCUT2D eigenvalue weighted by Gasteiger charge is 2.17. The number of nitro groups is 1. The molecule has 2 aromatic rings. The number of hydrogen-bond donors (Lipinski definition) is 1. The van der Waals surface area contributed by atoms with Crippen LogP contribution in [-0.2, 0) is 6.42 Å². The average Bonchev–Trinajstić information content (AvgIpc) is 2.60. The molecule has 0 spiro atoms. The maximum atomic E-state index is 10.8. The number of nitro benzene ring substituents is 1. The monoisotopic (exact) mass is 328 g/mol. The van der Waals surface area contributed by atoms with Crippen LogP contribution in [0.3, 0.4) is 0 Å². The molecule has 0 radical (unpaired) electrons. The van der Waals surface area contributed by atoms with Crippen molar-refractivity contribution in [3.05, 3.63) is 75.8 Å². The largest absolute Gasteiger partial charge is 0.387 e. The Morgan fingerprint density at radius 1 is 1.17 bits per heavy atom. The third-order valence-electron chi connectivity index (χ3n) is 4.37. The Morgan fingerprint density at radius 2 is 1.88 bits per heavy atom. The van der Waals surface area contributed by atoms with E-state index >= 15 is 0 Å². The van der Waals surface area contributed by atoms with Crippen molar-refractivity contribution in [1.82, 2.24) is 4.90 Å². The fourth-order valence-corrected chi connectivity index (χ4v) is 2.64. The highest BCUT2D eigenvalue weighted by atomic mass is 16.6. The third-order valence-corrected chi connectivity index (χ3v) is 4.37. The molecular formula is C19H24N2O3. The number of hydrogen-bond acceptors (Lipinski definition) is 4. The first kappa shape index (κ1) is 18.1. The summed E-state index contributed by atoms with van der Waals surface area (Å²) in [6, 6.07) is 16.8. The van der Waals surface area contributed by atoms with E-state index in [1.165, 1.54) is 17.7 Å². The van der Waals surface area contributed by atoms with Crippen LogP contribution in [0.15, 0.2) is 54.6 Å². The minimum absolute atomic E-state index is 0.00586. The summed E-state index contributed by atoms with van der Waals surface area (Å²) in [5, 5.41) is 21.2. The standard InChI is InChI=1S/C19H24N2O3/c1-15(11-12-16-7-4-3-5-8-16)20(2)14-19(22)17-9-6-10-18(13-17)21(23)24/h3-10,13,15,19,22H,11-12,14H2,1-2H3/t15-,19+/m0/s1. The molecule has 0 saturated heterocycles. The van der Waals surface area contributed by atoms with Crippen molar-refractivity contribution in [1.29, 1.82) is 0 Å². The van der Waals surface area contributed by atoms with Gasteiger partial charge in [0.1, 0.15) is 0 Å². The molecule has 0 fully saturated rings. The van der Waals surface area contributed by atoms with Gasteiger partial charge < -0.3 is 10.0 Å². The van der Waals surface area contributed by atoms with E-state index in [2.05, 4.69) is 24.0 Å². The first-order valence-corrected chi connectivity index (χ1v) is 8.14. The summed E-state index contributed by atoms with van der Waals surface area (Å²) in [7, 11) is 1.97. The number of non-ortho nitro benzene ring substituents is 1. The molecule has 24 heavy (non-hydrogen) atoms. The molecule has 128 valence electrons. The number of likely N-dealkylation sites (N-methyl/N-ethyl adjacent to an activating group) is 1. The smallest absolute Gasteiger partial charge is 0.269 e. The molecule has 1 N–H and O–H groups in total. The zero-order chi connectivity index (χ0) is 17.5. The predicted octanol–water partition coefficient (Wildman–Crippen LogP) is 3.58. The zero-order valence-corrected chi connectivity index (χ0v) is 14.1. The Kier molecular flexibility index (Phi) is 6.46. The van der Waals surface area contributed by atoms with Gasteiger partial charge in [-0.1, -0.05) is 42.5 Å². The Bertz CT molecular complexity index is 661. The maximum absolute atomic E-state index is 10.8. The summed E-state index contributed by atoms with van der Waals surface area (Å²) < 4.78 is 0. The fraction of sp³-hybridized carbons (Fsp3) is 0.368. The SMILES string of the molecule is C[C@@H](CCc1ccccc1)N(C)C[C@@H](O)c1cccc([N+](=O)[O-])c1. The Labute approximate surface area is 142 Å². The van der Waals surface area contributed by atoms with Gasteiger partial charge in [0.15, 0.2) is 0 Å². The van der Waals surface area contributed by atoms with E-state index in [-0.39, 0.29) is 5.69 Å². The van der Waals surface area contributed by atoms with Crippen LogP contribution in [0.2, 0.25) is 0 Å². The van der Waals surface area contributed by atoms with Crippen LogP contribution in [0.4, 0.5) is 5.69 Å². The lowest BCUT2D eigenvalue weighted by atomic mass is 10.0. The molecule has 0 amide bonds. The molecule has 0 heterocycles. The molecule has 5 nitrogen and oxygen atoms in total. The van der Waals surface area contributed by atoms with E-state index in [1.807, 2.05) is 25.2 Å². The van der Waals surface area contributed by atoms with Crippen molar-refractivity contribution in [3.63, 3.8) is 0 Å². The molecule has 0 unspecified atom stereocenters. The lowest BCUT2D eigenvalue weighted by Gasteiger charge is -2.27. The number of aliphatic hydroxyl groups is 1. The van der Waals surface area contributed by atoms with Gasteiger partial charge in [0, 0.05) is 24.7 Å². The van der Waals surface area contributed by atoms with E-state index in [0.29, 0.717) is 18.2 Å². The van der Waals surface area contributed by atoms with Gasteiger partial charge in [-0.05, 0) is 37.9 Å². The summed E-state index contributed by atoms with van der Waals surface area (Å²) in [5.41, 5.74) is 1.88. The van der Waals surface area contributed by atoms with Gasteiger partial charge in [-0.15, -0.1) is 0 Å². The van der Waals surface area contributed by atoms with Gasteiger partial charge in [-0.2, -0.15) is 0 Å². The summed E-state index contributed by atoms with van der Waals surface area (Å²) in [6.45, 7) is 2.57. The summed E-state index contributed by atoms with van der Waals surface area (Å²) >= 11 is 0. The van der Waals surface area contributed by atoms with E-state index in [4.69, 9.17) is 0 Å². The summed E-state index contributed by atoms with van der Waals surface area (Å²) in [6.07, 6.45) is 1.23. The van der Waals surface area contributed by atoms with Crippen LogP contribution < -0.4 is 0 Å². The Hall–Kier alpha value is -2.24. The molecule has 0 saturated carbocycles. The molecule has 0 aromatic heterocycles. The third kappa shape index (κ3) is 5.15. The normalized spacial score (nSPS) is 13.7. The molecule has 0 aliphatic heterocycles. The van der Waals surface area contributed by atoms with Crippen LogP contribution in [-0.4, -0.2) is 34.6 Å². The quantitative estimate of drug-likeness (QED) is 0.594. The number of benzene rings is 2.